The largest absolute Gasteiger partial charge is 0.399 e. The maximum absolute atomic E-state index is 13.7. The Morgan fingerprint density at radius 2 is 2.00 bits per heavy atom. The Morgan fingerprint density at radius 3 is 2.71 bits per heavy atom. The number of tetrazole rings is 1. The number of rotatable bonds is 2. The van der Waals surface area contributed by atoms with Crippen LogP contribution in [0.25, 0.3) is 17.1 Å². The molecule has 0 unspecified atom stereocenters. The van der Waals surface area contributed by atoms with Gasteiger partial charge in [0.1, 0.15) is 5.82 Å². The van der Waals surface area contributed by atoms with Crippen molar-refractivity contribution in [3.63, 3.8) is 0 Å². The highest BCUT2D eigenvalue weighted by molar-refractivity contribution is 9.10. The standard InChI is InChI=1S/C14H11BrFN5/c1-8-4-9(6-10(17)5-8)14-18-19-20-21(14)11-2-3-12(15)13(16)7-11/h2-7H,17H2,1H3. The molecular formula is C14H11BrFN5. The Labute approximate surface area is 128 Å². The lowest BCUT2D eigenvalue weighted by Crippen LogP contribution is -2.01. The van der Waals surface area contributed by atoms with Crippen LogP contribution in [0.4, 0.5) is 10.1 Å². The van der Waals surface area contributed by atoms with Gasteiger partial charge in [0, 0.05) is 17.3 Å². The molecule has 106 valence electrons. The predicted molar refractivity (Wildman–Crippen MR) is 81.4 cm³/mol. The topological polar surface area (TPSA) is 69.6 Å². The molecule has 0 bridgehead atoms. The van der Waals surface area contributed by atoms with Gasteiger partial charge >= 0.3 is 0 Å². The van der Waals surface area contributed by atoms with E-state index in [2.05, 4.69) is 31.5 Å². The first kappa shape index (κ1) is 13.7. The molecule has 0 radical (unpaired) electrons. The summed E-state index contributed by atoms with van der Waals surface area (Å²) in [6, 6.07) is 10.3. The zero-order valence-corrected chi connectivity index (χ0v) is 12.7. The third-order valence-electron chi connectivity index (χ3n) is 2.98. The number of nitrogens with two attached hydrogens (primary N) is 1. The molecular weight excluding hydrogens is 337 g/mol. The molecule has 0 fully saturated rings. The summed E-state index contributed by atoms with van der Waals surface area (Å²) in [5.41, 5.74) is 8.80. The molecule has 0 saturated carbocycles. The molecule has 1 aromatic heterocycles. The van der Waals surface area contributed by atoms with Crippen LogP contribution in [0.3, 0.4) is 0 Å². The van der Waals surface area contributed by atoms with E-state index in [4.69, 9.17) is 5.73 Å². The monoisotopic (exact) mass is 347 g/mol. The van der Waals surface area contributed by atoms with Gasteiger partial charge in [-0.25, -0.2) is 4.39 Å². The first-order chi connectivity index (χ1) is 10.0. The van der Waals surface area contributed by atoms with Crippen LogP contribution in [0, 0.1) is 12.7 Å². The molecule has 0 atom stereocenters. The normalized spacial score (nSPS) is 10.8. The van der Waals surface area contributed by atoms with Crippen LogP contribution >= 0.6 is 15.9 Å². The van der Waals surface area contributed by atoms with Crippen LogP contribution in [-0.2, 0) is 0 Å². The number of anilines is 1. The fraction of sp³-hybridized carbons (Fsp3) is 0.0714. The number of aromatic nitrogens is 4. The lowest BCUT2D eigenvalue weighted by atomic mass is 10.1. The lowest BCUT2D eigenvalue weighted by Gasteiger charge is -2.07. The van der Waals surface area contributed by atoms with Gasteiger partial charge in [0.15, 0.2) is 5.82 Å². The Morgan fingerprint density at radius 1 is 1.19 bits per heavy atom. The van der Waals surface area contributed by atoms with Gasteiger partial charge in [-0.15, -0.1) is 5.10 Å². The van der Waals surface area contributed by atoms with Crippen molar-refractivity contribution in [1.29, 1.82) is 0 Å². The van der Waals surface area contributed by atoms with Gasteiger partial charge in [-0.1, -0.05) is 0 Å². The highest BCUT2D eigenvalue weighted by atomic mass is 79.9. The minimum absolute atomic E-state index is 0.377. The van der Waals surface area contributed by atoms with Crippen molar-refractivity contribution in [3.05, 3.63) is 52.3 Å². The van der Waals surface area contributed by atoms with Crippen molar-refractivity contribution in [2.75, 3.05) is 5.73 Å². The summed E-state index contributed by atoms with van der Waals surface area (Å²) in [6.07, 6.45) is 0. The Kier molecular flexibility index (Phi) is 3.42. The molecule has 1 heterocycles. The van der Waals surface area contributed by atoms with Crippen LogP contribution in [0.2, 0.25) is 0 Å². The van der Waals surface area contributed by atoms with Gasteiger partial charge in [0.2, 0.25) is 0 Å². The summed E-state index contributed by atoms with van der Waals surface area (Å²) in [4.78, 5) is 0. The van der Waals surface area contributed by atoms with Crippen LogP contribution in [-0.4, -0.2) is 20.2 Å². The minimum atomic E-state index is -0.377. The number of nitrogen functional groups attached to an aromatic ring is 1. The predicted octanol–water partition coefficient (Wildman–Crippen LogP) is 3.12. The van der Waals surface area contributed by atoms with Gasteiger partial charge in [-0.05, 0) is 69.2 Å². The van der Waals surface area contributed by atoms with E-state index in [1.165, 1.54) is 10.7 Å². The van der Waals surface area contributed by atoms with Crippen molar-refractivity contribution in [2.45, 2.75) is 6.92 Å². The maximum atomic E-state index is 13.7. The number of hydrogen-bond acceptors (Lipinski definition) is 4. The molecule has 7 heteroatoms. The molecule has 3 aromatic rings. The van der Waals surface area contributed by atoms with Crippen LogP contribution in [0.5, 0.6) is 0 Å². The Hall–Kier alpha value is -2.28. The fourth-order valence-corrected chi connectivity index (χ4v) is 2.35. The van der Waals surface area contributed by atoms with Crippen molar-refractivity contribution < 1.29 is 4.39 Å². The molecule has 21 heavy (non-hydrogen) atoms. The van der Waals surface area contributed by atoms with Crippen molar-refractivity contribution in [2.24, 2.45) is 0 Å². The van der Waals surface area contributed by atoms with Gasteiger partial charge in [0.25, 0.3) is 0 Å². The lowest BCUT2D eigenvalue weighted by molar-refractivity contribution is 0.618. The molecule has 0 aliphatic heterocycles. The highest BCUT2D eigenvalue weighted by Gasteiger charge is 2.13. The van der Waals surface area contributed by atoms with Gasteiger partial charge < -0.3 is 5.73 Å². The van der Waals surface area contributed by atoms with Gasteiger partial charge in [0.05, 0.1) is 10.2 Å². The summed E-state index contributed by atoms with van der Waals surface area (Å²) in [5.74, 6) is 0.129. The van der Waals surface area contributed by atoms with Crippen molar-refractivity contribution in [3.8, 4) is 17.1 Å². The number of benzene rings is 2. The minimum Gasteiger partial charge on any atom is -0.399 e. The van der Waals surface area contributed by atoms with E-state index in [1.54, 1.807) is 18.2 Å². The molecule has 0 aliphatic rings. The molecule has 0 saturated heterocycles. The van der Waals surface area contributed by atoms with Crippen LogP contribution in [0.15, 0.2) is 40.9 Å². The average molecular weight is 348 g/mol. The third kappa shape index (κ3) is 2.64. The zero-order valence-electron chi connectivity index (χ0n) is 11.1. The van der Waals surface area contributed by atoms with Crippen molar-refractivity contribution in [1.82, 2.24) is 20.2 Å². The van der Waals surface area contributed by atoms with E-state index in [-0.39, 0.29) is 5.82 Å². The molecule has 0 amide bonds. The SMILES string of the molecule is Cc1cc(N)cc(-c2nnnn2-c2ccc(Br)c(F)c2)c1. The van der Waals surface area contributed by atoms with Gasteiger partial charge in [-0.2, -0.15) is 4.68 Å². The summed E-state index contributed by atoms with van der Waals surface area (Å²) < 4.78 is 15.6. The smallest absolute Gasteiger partial charge is 0.187 e. The number of hydrogen-bond donors (Lipinski definition) is 1. The molecule has 3 rings (SSSR count). The molecule has 0 spiro atoms. The zero-order chi connectivity index (χ0) is 15.0. The molecule has 2 aromatic carbocycles. The molecule has 0 aliphatic carbocycles. The Balaban J connectivity index is 2.14. The number of halogens is 2. The second-order valence-corrected chi connectivity index (χ2v) is 5.50. The number of aryl methyl sites for hydroxylation is 1. The summed E-state index contributed by atoms with van der Waals surface area (Å²) in [6.45, 7) is 1.94. The Bertz CT molecular complexity index is 795. The van der Waals surface area contributed by atoms with E-state index < -0.39 is 0 Å². The third-order valence-corrected chi connectivity index (χ3v) is 3.62. The first-order valence-corrected chi connectivity index (χ1v) is 6.95. The molecule has 2 N–H and O–H groups in total. The molecule has 5 nitrogen and oxygen atoms in total. The highest BCUT2D eigenvalue weighted by Crippen LogP contribution is 2.25. The van der Waals surface area contributed by atoms with Gasteiger partial charge in [-0.3, -0.25) is 0 Å². The maximum Gasteiger partial charge on any atom is 0.187 e. The second kappa shape index (κ2) is 5.25. The van der Waals surface area contributed by atoms with E-state index in [0.717, 1.165) is 11.1 Å². The van der Waals surface area contributed by atoms with Crippen LogP contribution < -0.4 is 5.73 Å². The fourth-order valence-electron chi connectivity index (χ4n) is 2.10. The van der Waals surface area contributed by atoms with E-state index >= 15 is 0 Å². The second-order valence-electron chi connectivity index (χ2n) is 4.65. The van der Waals surface area contributed by atoms with E-state index in [9.17, 15) is 4.39 Å². The van der Waals surface area contributed by atoms with Crippen molar-refractivity contribution >= 4 is 21.6 Å². The summed E-state index contributed by atoms with van der Waals surface area (Å²) in [7, 11) is 0. The van der Waals surface area contributed by atoms with E-state index in [1.807, 2.05) is 19.1 Å². The quantitative estimate of drug-likeness (QED) is 0.723. The van der Waals surface area contributed by atoms with E-state index in [0.29, 0.717) is 21.7 Å². The first-order valence-electron chi connectivity index (χ1n) is 6.16. The number of nitrogens with zero attached hydrogens (tertiary/aromatic N) is 4. The summed E-state index contributed by atoms with van der Waals surface area (Å²) in [5, 5.41) is 11.6. The van der Waals surface area contributed by atoms with Crippen LogP contribution in [0.1, 0.15) is 5.56 Å². The average Bonchev–Trinajstić information content (AvgIpc) is 2.90. The summed E-state index contributed by atoms with van der Waals surface area (Å²) >= 11 is 3.12.